The fourth-order valence-corrected chi connectivity index (χ4v) is 3.48. The molecule has 1 saturated heterocycles. The SMILES string of the molecule is CCN(CC)C1CCN(CC(O)c2cc(C)ccc2C)C1. The van der Waals surface area contributed by atoms with E-state index < -0.39 is 0 Å². The van der Waals surface area contributed by atoms with Crippen LogP contribution in [0.3, 0.4) is 0 Å². The van der Waals surface area contributed by atoms with Gasteiger partial charge >= 0.3 is 0 Å². The molecule has 0 bridgehead atoms. The second kappa shape index (κ2) is 7.39. The summed E-state index contributed by atoms with van der Waals surface area (Å²) in [6.45, 7) is 13.8. The van der Waals surface area contributed by atoms with E-state index in [2.05, 4.69) is 55.7 Å². The maximum absolute atomic E-state index is 10.6. The average molecular weight is 290 g/mol. The van der Waals surface area contributed by atoms with Gasteiger partial charge in [0.2, 0.25) is 0 Å². The predicted octanol–water partition coefficient (Wildman–Crippen LogP) is 2.75. The Hall–Kier alpha value is -0.900. The van der Waals surface area contributed by atoms with Crippen LogP contribution in [-0.2, 0) is 0 Å². The number of hydrogen-bond donors (Lipinski definition) is 1. The first kappa shape index (κ1) is 16.5. The van der Waals surface area contributed by atoms with Crippen LogP contribution in [0.2, 0.25) is 0 Å². The van der Waals surface area contributed by atoms with Crippen LogP contribution in [0.15, 0.2) is 18.2 Å². The highest BCUT2D eigenvalue weighted by Crippen LogP contribution is 2.23. The minimum absolute atomic E-state index is 0.375. The van der Waals surface area contributed by atoms with E-state index in [1.807, 2.05) is 0 Å². The van der Waals surface area contributed by atoms with Crippen molar-refractivity contribution in [3.8, 4) is 0 Å². The molecule has 1 aliphatic rings. The summed E-state index contributed by atoms with van der Waals surface area (Å²) in [5.74, 6) is 0. The van der Waals surface area contributed by atoms with Crippen LogP contribution in [0.5, 0.6) is 0 Å². The van der Waals surface area contributed by atoms with Gasteiger partial charge in [-0.15, -0.1) is 0 Å². The number of nitrogens with zero attached hydrogens (tertiary/aromatic N) is 2. The third-order valence-electron chi connectivity index (χ3n) is 4.80. The van der Waals surface area contributed by atoms with Crippen molar-refractivity contribution in [2.24, 2.45) is 0 Å². The third-order valence-corrected chi connectivity index (χ3v) is 4.80. The summed E-state index contributed by atoms with van der Waals surface area (Å²) in [6, 6.07) is 7.00. The molecule has 1 aromatic rings. The minimum atomic E-state index is -0.375. The van der Waals surface area contributed by atoms with Crippen LogP contribution < -0.4 is 0 Å². The van der Waals surface area contributed by atoms with E-state index in [0.717, 1.165) is 38.3 Å². The molecule has 0 saturated carbocycles. The molecule has 1 aliphatic heterocycles. The van der Waals surface area contributed by atoms with Crippen molar-refractivity contribution >= 4 is 0 Å². The molecule has 0 amide bonds. The quantitative estimate of drug-likeness (QED) is 0.873. The molecule has 2 rings (SSSR count). The average Bonchev–Trinajstić information content (AvgIpc) is 2.91. The maximum atomic E-state index is 10.6. The zero-order chi connectivity index (χ0) is 15.4. The first-order valence-electron chi connectivity index (χ1n) is 8.26. The van der Waals surface area contributed by atoms with Crippen LogP contribution in [0, 0.1) is 13.8 Å². The highest BCUT2D eigenvalue weighted by molar-refractivity contribution is 5.32. The number of likely N-dealkylation sites (N-methyl/N-ethyl adjacent to an activating group) is 1. The lowest BCUT2D eigenvalue weighted by atomic mass is 10.0. The molecule has 3 heteroatoms. The molecule has 0 radical (unpaired) electrons. The predicted molar refractivity (Wildman–Crippen MR) is 88.6 cm³/mol. The Morgan fingerprint density at radius 3 is 2.67 bits per heavy atom. The van der Waals surface area contributed by atoms with E-state index in [9.17, 15) is 5.11 Å². The van der Waals surface area contributed by atoms with E-state index >= 15 is 0 Å². The Bertz CT molecular complexity index is 457. The number of β-amino-alcohol motifs (C(OH)–C–C–N with tert-alkyl or cyclic N) is 1. The number of rotatable bonds is 6. The van der Waals surface area contributed by atoms with E-state index in [1.54, 1.807) is 0 Å². The number of likely N-dealkylation sites (tertiary alicyclic amines) is 1. The second-order valence-corrected chi connectivity index (χ2v) is 6.30. The molecule has 0 aromatic heterocycles. The molecule has 1 heterocycles. The van der Waals surface area contributed by atoms with Crippen molar-refractivity contribution in [3.05, 3.63) is 34.9 Å². The molecule has 3 nitrogen and oxygen atoms in total. The lowest BCUT2D eigenvalue weighted by molar-refractivity contribution is 0.119. The van der Waals surface area contributed by atoms with Gasteiger partial charge in [0.25, 0.3) is 0 Å². The molecule has 21 heavy (non-hydrogen) atoms. The normalized spacial score (nSPS) is 21.1. The fraction of sp³-hybridized carbons (Fsp3) is 0.667. The Balaban J connectivity index is 1.95. The molecular formula is C18H30N2O. The van der Waals surface area contributed by atoms with E-state index in [1.165, 1.54) is 17.5 Å². The number of aliphatic hydroxyl groups excluding tert-OH is 1. The lowest BCUT2D eigenvalue weighted by Gasteiger charge is -2.27. The van der Waals surface area contributed by atoms with Crippen molar-refractivity contribution in [3.63, 3.8) is 0 Å². The lowest BCUT2D eigenvalue weighted by Crippen LogP contribution is -2.38. The summed E-state index contributed by atoms with van der Waals surface area (Å²) in [7, 11) is 0. The van der Waals surface area contributed by atoms with Gasteiger partial charge < -0.3 is 5.11 Å². The van der Waals surface area contributed by atoms with Gasteiger partial charge in [-0.3, -0.25) is 9.80 Å². The summed E-state index contributed by atoms with van der Waals surface area (Å²) < 4.78 is 0. The Morgan fingerprint density at radius 2 is 2.00 bits per heavy atom. The standard InChI is InChI=1S/C18H30N2O/c1-5-20(6-2)16-9-10-19(12-16)13-18(21)17-11-14(3)7-8-15(17)4/h7-8,11,16,18,21H,5-6,9-10,12-13H2,1-4H3. The smallest absolute Gasteiger partial charge is 0.0919 e. The van der Waals surface area contributed by atoms with Crippen molar-refractivity contribution < 1.29 is 5.11 Å². The Labute approximate surface area is 129 Å². The van der Waals surface area contributed by atoms with Crippen LogP contribution in [0.1, 0.15) is 43.1 Å². The zero-order valence-corrected chi connectivity index (χ0v) is 14.0. The first-order valence-corrected chi connectivity index (χ1v) is 8.26. The van der Waals surface area contributed by atoms with Crippen molar-refractivity contribution in [1.29, 1.82) is 0 Å². The summed E-state index contributed by atoms with van der Waals surface area (Å²) in [6.07, 6.45) is 0.849. The van der Waals surface area contributed by atoms with Crippen molar-refractivity contribution in [2.45, 2.75) is 46.3 Å². The molecular weight excluding hydrogens is 260 g/mol. The second-order valence-electron chi connectivity index (χ2n) is 6.30. The fourth-order valence-electron chi connectivity index (χ4n) is 3.48. The van der Waals surface area contributed by atoms with Gasteiger partial charge in [0.05, 0.1) is 6.10 Å². The molecule has 0 spiro atoms. The Morgan fingerprint density at radius 1 is 1.29 bits per heavy atom. The van der Waals surface area contributed by atoms with Gasteiger partial charge in [-0.05, 0) is 51.0 Å². The number of hydrogen-bond acceptors (Lipinski definition) is 3. The molecule has 118 valence electrons. The van der Waals surface area contributed by atoms with Crippen molar-refractivity contribution in [1.82, 2.24) is 9.80 Å². The highest BCUT2D eigenvalue weighted by Gasteiger charge is 2.27. The summed E-state index contributed by atoms with van der Waals surface area (Å²) in [5, 5.41) is 10.6. The molecule has 1 aromatic carbocycles. The van der Waals surface area contributed by atoms with Crippen LogP contribution in [0.25, 0.3) is 0 Å². The molecule has 2 atom stereocenters. The minimum Gasteiger partial charge on any atom is -0.387 e. The van der Waals surface area contributed by atoms with Gasteiger partial charge in [-0.1, -0.05) is 37.6 Å². The van der Waals surface area contributed by atoms with Gasteiger partial charge in [0, 0.05) is 19.1 Å². The molecule has 2 unspecified atom stereocenters. The van der Waals surface area contributed by atoms with Crippen LogP contribution in [0.4, 0.5) is 0 Å². The monoisotopic (exact) mass is 290 g/mol. The van der Waals surface area contributed by atoms with Gasteiger partial charge in [-0.2, -0.15) is 0 Å². The van der Waals surface area contributed by atoms with Crippen LogP contribution in [-0.4, -0.2) is 53.7 Å². The number of benzene rings is 1. The molecule has 1 fully saturated rings. The number of aryl methyl sites for hydroxylation is 2. The summed E-state index contributed by atoms with van der Waals surface area (Å²) in [4.78, 5) is 4.94. The van der Waals surface area contributed by atoms with Crippen LogP contribution >= 0.6 is 0 Å². The highest BCUT2D eigenvalue weighted by atomic mass is 16.3. The molecule has 1 N–H and O–H groups in total. The molecule has 0 aliphatic carbocycles. The zero-order valence-electron chi connectivity index (χ0n) is 14.0. The van der Waals surface area contributed by atoms with E-state index in [-0.39, 0.29) is 6.10 Å². The largest absolute Gasteiger partial charge is 0.387 e. The maximum Gasteiger partial charge on any atom is 0.0919 e. The Kier molecular flexibility index (Phi) is 5.80. The number of aliphatic hydroxyl groups is 1. The third kappa shape index (κ3) is 4.06. The van der Waals surface area contributed by atoms with Gasteiger partial charge in [-0.25, -0.2) is 0 Å². The summed E-state index contributed by atoms with van der Waals surface area (Å²) in [5.41, 5.74) is 3.49. The topological polar surface area (TPSA) is 26.7 Å². The van der Waals surface area contributed by atoms with E-state index in [0.29, 0.717) is 6.04 Å². The first-order chi connectivity index (χ1) is 10.0. The van der Waals surface area contributed by atoms with Gasteiger partial charge in [0.1, 0.15) is 0 Å². The summed E-state index contributed by atoms with van der Waals surface area (Å²) >= 11 is 0. The van der Waals surface area contributed by atoms with E-state index in [4.69, 9.17) is 0 Å². The van der Waals surface area contributed by atoms with Gasteiger partial charge in [0.15, 0.2) is 0 Å². The van der Waals surface area contributed by atoms with Crippen molar-refractivity contribution in [2.75, 3.05) is 32.7 Å².